The number of carbonyl (C=O) groups excluding carboxylic acids is 2. The van der Waals surface area contributed by atoms with Gasteiger partial charge in [-0.15, -0.1) is 0 Å². The van der Waals surface area contributed by atoms with Crippen LogP contribution in [0.25, 0.3) is 11.1 Å². The van der Waals surface area contributed by atoms with Crippen molar-refractivity contribution >= 4 is 34.8 Å². The fraction of sp³-hybridized carbons (Fsp3) is 0.217. The zero-order valence-electron chi connectivity index (χ0n) is 17.9. The highest BCUT2D eigenvalue weighted by molar-refractivity contribution is 6.33. The third-order valence-electron chi connectivity index (χ3n) is 5.40. The number of amides is 2. The Morgan fingerprint density at radius 1 is 1.24 bits per heavy atom. The number of aryl methyl sites for hydroxylation is 1. The third-order valence-corrected chi connectivity index (χ3v) is 5.67. The molecule has 3 aromatic rings. The molecule has 1 aromatic carbocycles. The van der Waals surface area contributed by atoms with Gasteiger partial charge in [0, 0.05) is 23.0 Å². The summed E-state index contributed by atoms with van der Waals surface area (Å²) in [6, 6.07) is 6.80. The lowest BCUT2D eigenvalue weighted by molar-refractivity contribution is -0.137. The number of hydrogen-bond donors (Lipinski definition) is 1. The first kappa shape index (κ1) is 23.6. The number of benzene rings is 1. The summed E-state index contributed by atoms with van der Waals surface area (Å²) >= 11 is 6.43. The van der Waals surface area contributed by atoms with Crippen molar-refractivity contribution < 1.29 is 27.2 Å². The van der Waals surface area contributed by atoms with Gasteiger partial charge in [-0.05, 0) is 44.2 Å². The van der Waals surface area contributed by atoms with Gasteiger partial charge in [0.1, 0.15) is 17.5 Å². The van der Waals surface area contributed by atoms with Gasteiger partial charge in [0.05, 0.1) is 28.6 Å². The van der Waals surface area contributed by atoms with E-state index in [0.717, 1.165) is 6.07 Å². The fourth-order valence-electron chi connectivity index (χ4n) is 3.81. The lowest BCUT2D eigenvalue weighted by Crippen LogP contribution is -2.40. The molecule has 2 amide bonds. The van der Waals surface area contributed by atoms with Crippen molar-refractivity contribution in [2.24, 2.45) is 0 Å². The zero-order valence-corrected chi connectivity index (χ0v) is 18.6. The molecular formula is C23H17ClF4N4O2. The molecule has 0 fully saturated rings. The number of nitrogens with one attached hydrogen (secondary N) is 1. The van der Waals surface area contributed by atoms with Gasteiger partial charge in [-0.3, -0.25) is 14.6 Å². The van der Waals surface area contributed by atoms with Crippen LogP contribution in [0.2, 0.25) is 5.15 Å². The average molecular weight is 493 g/mol. The highest BCUT2D eigenvalue weighted by Crippen LogP contribution is 2.43. The lowest BCUT2D eigenvalue weighted by atomic mass is 9.98. The van der Waals surface area contributed by atoms with Crippen LogP contribution in [0.4, 0.5) is 28.9 Å². The molecule has 3 heterocycles. The summed E-state index contributed by atoms with van der Waals surface area (Å²) in [4.78, 5) is 35.9. The van der Waals surface area contributed by atoms with Gasteiger partial charge < -0.3 is 10.2 Å². The summed E-state index contributed by atoms with van der Waals surface area (Å²) in [5.41, 5.74) is 0.658. The number of fused-ring (bicyclic) bond motifs is 3. The largest absolute Gasteiger partial charge is 0.416 e. The predicted octanol–water partition coefficient (Wildman–Crippen LogP) is 5.35. The predicted molar refractivity (Wildman–Crippen MR) is 118 cm³/mol. The molecule has 4 rings (SSSR count). The minimum Gasteiger partial charge on any atom is -0.322 e. The van der Waals surface area contributed by atoms with E-state index >= 15 is 0 Å². The quantitative estimate of drug-likeness (QED) is 0.395. The molecule has 1 aliphatic rings. The first-order chi connectivity index (χ1) is 16.0. The Morgan fingerprint density at radius 3 is 2.65 bits per heavy atom. The van der Waals surface area contributed by atoms with E-state index in [0.29, 0.717) is 40.3 Å². The number of alkyl halides is 3. The second-order valence-electron chi connectivity index (χ2n) is 7.77. The summed E-state index contributed by atoms with van der Waals surface area (Å²) in [6.45, 7) is 2.77. The van der Waals surface area contributed by atoms with E-state index in [1.165, 1.54) is 11.1 Å². The van der Waals surface area contributed by atoms with Gasteiger partial charge in [-0.1, -0.05) is 17.7 Å². The maximum atomic E-state index is 14.2. The molecule has 6 nitrogen and oxygen atoms in total. The van der Waals surface area contributed by atoms with Crippen LogP contribution in [0.15, 0.2) is 42.6 Å². The van der Waals surface area contributed by atoms with Gasteiger partial charge in [0.15, 0.2) is 0 Å². The number of pyridine rings is 2. The third kappa shape index (κ3) is 4.33. The Hall–Kier alpha value is -3.53. The van der Waals surface area contributed by atoms with Crippen LogP contribution in [0.3, 0.4) is 0 Å². The Labute approximate surface area is 196 Å². The van der Waals surface area contributed by atoms with Crippen molar-refractivity contribution in [1.29, 1.82) is 0 Å². The minimum atomic E-state index is -4.73. The first-order valence-corrected chi connectivity index (χ1v) is 10.5. The van der Waals surface area contributed by atoms with E-state index in [-0.39, 0.29) is 5.15 Å². The van der Waals surface area contributed by atoms with E-state index < -0.39 is 47.5 Å². The molecule has 1 atom stereocenters. The molecule has 34 heavy (non-hydrogen) atoms. The Bertz CT molecular complexity index is 1310. The van der Waals surface area contributed by atoms with Crippen LogP contribution in [-0.2, 0) is 15.8 Å². The molecule has 2 aromatic heterocycles. The van der Waals surface area contributed by atoms with Gasteiger partial charge in [-0.2, -0.15) is 13.2 Å². The number of carbonyl (C=O) groups is 2. The number of aromatic nitrogens is 2. The van der Waals surface area contributed by atoms with Crippen LogP contribution in [0.5, 0.6) is 0 Å². The molecule has 1 aliphatic heterocycles. The first-order valence-electron chi connectivity index (χ1n) is 10.1. The molecule has 1 N–H and O–H groups in total. The maximum Gasteiger partial charge on any atom is 0.416 e. The molecule has 1 unspecified atom stereocenters. The van der Waals surface area contributed by atoms with Gasteiger partial charge in [0.2, 0.25) is 11.8 Å². The maximum absolute atomic E-state index is 14.2. The van der Waals surface area contributed by atoms with Gasteiger partial charge in [0.25, 0.3) is 0 Å². The van der Waals surface area contributed by atoms with Crippen LogP contribution < -0.4 is 10.2 Å². The Balaban J connectivity index is 1.70. The van der Waals surface area contributed by atoms with E-state index in [9.17, 15) is 27.2 Å². The van der Waals surface area contributed by atoms with Gasteiger partial charge in [-0.25, -0.2) is 9.37 Å². The Kier molecular flexibility index (Phi) is 6.03. The standard InChI is InChI=1S/C23H17ClF4N4O2/c1-11-8-17-19(21(24)30-11)14-4-3-7-29-20(14)12(2)22(34)32(17)10-18(33)31-16-6-5-13(9-15(16)25)23(26,27)28/h3-9,12H,10H2,1-2H3,(H,31,33). The molecule has 0 aliphatic carbocycles. The molecular weight excluding hydrogens is 476 g/mol. The molecule has 0 spiro atoms. The topological polar surface area (TPSA) is 75.2 Å². The van der Waals surface area contributed by atoms with Crippen molar-refractivity contribution in [3.8, 4) is 11.1 Å². The molecule has 0 bridgehead atoms. The van der Waals surface area contributed by atoms with Gasteiger partial charge >= 0.3 is 6.18 Å². The number of hydrogen-bond acceptors (Lipinski definition) is 4. The number of nitrogens with zero attached hydrogens (tertiary/aromatic N) is 3. The highest BCUT2D eigenvalue weighted by atomic mass is 35.5. The normalized spacial score (nSPS) is 15.4. The van der Waals surface area contributed by atoms with Crippen molar-refractivity contribution in [1.82, 2.24) is 9.97 Å². The second kappa shape index (κ2) is 8.68. The zero-order chi connectivity index (χ0) is 24.8. The summed E-state index contributed by atoms with van der Waals surface area (Å²) < 4.78 is 52.6. The smallest absolute Gasteiger partial charge is 0.322 e. The second-order valence-corrected chi connectivity index (χ2v) is 8.13. The van der Waals surface area contributed by atoms with E-state index in [1.807, 2.05) is 0 Å². The summed E-state index contributed by atoms with van der Waals surface area (Å²) in [7, 11) is 0. The monoisotopic (exact) mass is 492 g/mol. The van der Waals surface area contributed by atoms with Crippen molar-refractivity contribution in [3.63, 3.8) is 0 Å². The van der Waals surface area contributed by atoms with Crippen molar-refractivity contribution in [2.45, 2.75) is 25.9 Å². The van der Waals surface area contributed by atoms with Crippen LogP contribution >= 0.6 is 11.6 Å². The van der Waals surface area contributed by atoms with Crippen LogP contribution in [0.1, 0.15) is 29.8 Å². The fourth-order valence-corrected chi connectivity index (χ4v) is 4.15. The SMILES string of the molecule is Cc1cc2c(c(Cl)n1)-c1cccnc1C(C)C(=O)N2CC(=O)Nc1ccc(C(F)(F)F)cc1F. The van der Waals surface area contributed by atoms with Crippen LogP contribution in [-0.4, -0.2) is 28.3 Å². The minimum absolute atomic E-state index is 0.116. The van der Waals surface area contributed by atoms with E-state index in [4.69, 9.17) is 11.6 Å². The molecule has 0 saturated heterocycles. The summed E-state index contributed by atoms with van der Waals surface area (Å²) in [5, 5.41) is 2.35. The summed E-state index contributed by atoms with van der Waals surface area (Å²) in [6.07, 6.45) is -3.19. The van der Waals surface area contributed by atoms with E-state index in [2.05, 4.69) is 15.3 Å². The van der Waals surface area contributed by atoms with Crippen LogP contribution in [0, 0.1) is 12.7 Å². The molecule has 11 heteroatoms. The molecule has 0 radical (unpaired) electrons. The molecule has 0 saturated carbocycles. The number of halogens is 5. The molecule has 176 valence electrons. The van der Waals surface area contributed by atoms with Crippen molar-refractivity contribution in [2.75, 3.05) is 16.8 Å². The lowest BCUT2D eigenvalue weighted by Gasteiger charge is -2.25. The van der Waals surface area contributed by atoms with Crippen molar-refractivity contribution in [3.05, 3.63) is 70.5 Å². The average Bonchev–Trinajstić information content (AvgIpc) is 2.84. The summed E-state index contributed by atoms with van der Waals surface area (Å²) in [5.74, 6) is -3.26. The van der Waals surface area contributed by atoms with E-state index in [1.54, 1.807) is 32.0 Å². The number of anilines is 2. The number of rotatable bonds is 3. The highest BCUT2D eigenvalue weighted by Gasteiger charge is 2.35. The Morgan fingerprint density at radius 2 is 1.97 bits per heavy atom.